The third-order valence-corrected chi connectivity index (χ3v) is 2.77. The third kappa shape index (κ3) is 3.51. The number of aryl methyl sites for hydroxylation is 2. The predicted molar refractivity (Wildman–Crippen MR) is 65.6 cm³/mol. The Kier molecular flexibility index (Phi) is 4.77. The van der Waals surface area contributed by atoms with Crippen LogP contribution in [-0.2, 0) is 6.54 Å². The number of aromatic hydroxyl groups is 1. The summed E-state index contributed by atoms with van der Waals surface area (Å²) in [4.78, 5) is 0. The Balaban J connectivity index is 2.61. The molecule has 1 unspecified atom stereocenters. The second-order valence-corrected chi connectivity index (χ2v) is 4.37. The molecule has 3 N–H and O–H groups in total. The fraction of sp³-hybridized carbons (Fsp3) is 0.538. The lowest BCUT2D eigenvalue weighted by Crippen LogP contribution is -2.26. The molecule has 0 amide bonds. The van der Waals surface area contributed by atoms with Crippen LogP contribution in [-0.4, -0.2) is 22.9 Å². The van der Waals surface area contributed by atoms with Crippen molar-refractivity contribution in [1.82, 2.24) is 5.32 Å². The van der Waals surface area contributed by atoms with Crippen molar-refractivity contribution in [2.24, 2.45) is 0 Å². The van der Waals surface area contributed by atoms with Crippen molar-refractivity contribution in [3.63, 3.8) is 0 Å². The Morgan fingerprint density at radius 3 is 2.31 bits per heavy atom. The van der Waals surface area contributed by atoms with Crippen LogP contribution < -0.4 is 5.32 Å². The average Bonchev–Trinajstić information content (AvgIpc) is 2.23. The molecule has 16 heavy (non-hydrogen) atoms. The molecule has 0 heterocycles. The second-order valence-electron chi connectivity index (χ2n) is 4.37. The van der Waals surface area contributed by atoms with Crippen molar-refractivity contribution in [2.75, 3.05) is 6.61 Å². The van der Waals surface area contributed by atoms with Gasteiger partial charge >= 0.3 is 0 Å². The van der Waals surface area contributed by atoms with Crippen LogP contribution in [0.2, 0.25) is 0 Å². The van der Waals surface area contributed by atoms with Gasteiger partial charge in [-0.15, -0.1) is 0 Å². The normalized spacial score (nSPS) is 12.8. The standard InChI is InChI=1S/C13H21NO2/c1-9-6-12(7-10(2)13(9)16)8-14-11(3)4-5-15/h6-7,11,14-16H,4-5,8H2,1-3H3. The van der Waals surface area contributed by atoms with Crippen molar-refractivity contribution in [1.29, 1.82) is 0 Å². The van der Waals surface area contributed by atoms with Crippen LogP contribution >= 0.6 is 0 Å². The monoisotopic (exact) mass is 223 g/mol. The van der Waals surface area contributed by atoms with Crippen LogP contribution in [0.4, 0.5) is 0 Å². The molecule has 0 aliphatic rings. The Bertz CT molecular complexity index is 327. The van der Waals surface area contributed by atoms with Gasteiger partial charge in [0.1, 0.15) is 5.75 Å². The van der Waals surface area contributed by atoms with E-state index in [1.165, 1.54) is 0 Å². The van der Waals surface area contributed by atoms with E-state index in [1.807, 2.05) is 26.0 Å². The first kappa shape index (κ1) is 13.0. The quantitative estimate of drug-likeness (QED) is 0.714. The van der Waals surface area contributed by atoms with E-state index in [2.05, 4.69) is 12.2 Å². The Morgan fingerprint density at radius 1 is 1.25 bits per heavy atom. The molecule has 0 saturated carbocycles. The van der Waals surface area contributed by atoms with Gasteiger partial charge in [-0.1, -0.05) is 12.1 Å². The van der Waals surface area contributed by atoms with Crippen molar-refractivity contribution in [3.8, 4) is 5.75 Å². The van der Waals surface area contributed by atoms with Gasteiger partial charge in [-0.3, -0.25) is 0 Å². The van der Waals surface area contributed by atoms with Crippen LogP contribution in [0.5, 0.6) is 5.75 Å². The zero-order valence-corrected chi connectivity index (χ0v) is 10.2. The maximum atomic E-state index is 9.64. The predicted octanol–water partition coefficient (Wildman–Crippen LogP) is 1.87. The molecule has 0 saturated heterocycles. The van der Waals surface area contributed by atoms with Gasteiger partial charge in [-0.25, -0.2) is 0 Å². The van der Waals surface area contributed by atoms with E-state index in [-0.39, 0.29) is 6.61 Å². The molecule has 0 spiro atoms. The topological polar surface area (TPSA) is 52.5 Å². The van der Waals surface area contributed by atoms with Gasteiger partial charge in [0.2, 0.25) is 0 Å². The highest BCUT2D eigenvalue weighted by atomic mass is 16.3. The summed E-state index contributed by atoms with van der Waals surface area (Å²) in [5, 5.41) is 21.8. The van der Waals surface area contributed by atoms with E-state index in [4.69, 9.17) is 5.11 Å². The summed E-state index contributed by atoms with van der Waals surface area (Å²) in [6, 6.07) is 4.28. The molecule has 3 heteroatoms. The molecule has 0 bridgehead atoms. The minimum Gasteiger partial charge on any atom is -0.507 e. The van der Waals surface area contributed by atoms with Gasteiger partial charge in [-0.05, 0) is 43.9 Å². The van der Waals surface area contributed by atoms with Crippen LogP contribution in [0.25, 0.3) is 0 Å². The average molecular weight is 223 g/mol. The molecule has 0 aliphatic carbocycles. The summed E-state index contributed by atoms with van der Waals surface area (Å²) in [5.41, 5.74) is 2.98. The molecule has 1 rings (SSSR count). The molecular formula is C13H21NO2. The zero-order valence-electron chi connectivity index (χ0n) is 10.2. The first-order valence-electron chi connectivity index (χ1n) is 5.68. The smallest absolute Gasteiger partial charge is 0.121 e. The van der Waals surface area contributed by atoms with Gasteiger partial charge in [-0.2, -0.15) is 0 Å². The van der Waals surface area contributed by atoms with Gasteiger partial charge in [0, 0.05) is 19.2 Å². The van der Waals surface area contributed by atoms with Gasteiger partial charge in [0.25, 0.3) is 0 Å². The van der Waals surface area contributed by atoms with Gasteiger partial charge in [0.05, 0.1) is 0 Å². The molecule has 0 radical (unpaired) electrons. The second kappa shape index (κ2) is 5.87. The van der Waals surface area contributed by atoms with Crippen molar-refractivity contribution in [3.05, 3.63) is 28.8 Å². The molecule has 0 aromatic heterocycles. The molecule has 1 aromatic carbocycles. The molecule has 1 aromatic rings. The highest BCUT2D eigenvalue weighted by molar-refractivity contribution is 5.42. The summed E-state index contributed by atoms with van der Waals surface area (Å²) in [6.07, 6.45) is 0.760. The molecule has 0 fully saturated rings. The number of phenols is 1. The lowest BCUT2D eigenvalue weighted by Gasteiger charge is -2.13. The van der Waals surface area contributed by atoms with Crippen molar-refractivity contribution in [2.45, 2.75) is 39.8 Å². The van der Waals surface area contributed by atoms with Crippen LogP contribution in [0, 0.1) is 13.8 Å². The fourth-order valence-electron chi connectivity index (χ4n) is 1.74. The lowest BCUT2D eigenvalue weighted by molar-refractivity contribution is 0.268. The first-order valence-corrected chi connectivity index (χ1v) is 5.68. The van der Waals surface area contributed by atoms with Crippen LogP contribution in [0.3, 0.4) is 0 Å². The van der Waals surface area contributed by atoms with E-state index in [1.54, 1.807) is 0 Å². The van der Waals surface area contributed by atoms with E-state index in [0.717, 1.165) is 29.7 Å². The maximum Gasteiger partial charge on any atom is 0.121 e. The summed E-state index contributed by atoms with van der Waals surface area (Å²) in [6.45, 7) is 6.84. The fourth-order valence-corrected chi connectivity index (χ4v) is 1.74. The molecule has 3 nitrogen and oxygen atoms in total. The number of benzene rings is 1. The van der Waals surface area contributed by atoms with E-state index < -0.39 is 0 Å². The molecule has 0 aliphatic heterocycles. The first-order chi connectivity index (χ1) is 7.54. The SMILES string of the molecule is Cc1cc(CNC(C)CCO)cc(C)c1O. The number of aliphatic hydroxyl groups excluding tert-OH is 1. The number of hydrogen-bond donors (Lipinski definition) is 3. The van der Waals surface area contributed by atoms with Crippen LogP contribution in [0.1, 0.15) is 30.0 Å². The Labute approximate surface area is 97.1 Å². The maximum absolute atomic E-state index is 9.64. The van der Waals surface area contributed by atoms with Crippen molar-refractivity contribution >= 4 is 0 Å². The molecule has 90 valence electrons. The minimum absolute atomic E-state index is 0.210. The molecule has 1 atom stereocenters. The zero-order chi connectivity index (χ0) is 12.1. The highest BCUT2D eigenvalue weighted by Crippen LogP contribution is 2.22. The number of phenolic OH excluding ortho intramolecular Hbond substituents is 1. The summed E-state index contributed by atoms with van der Waals surface area (Å²) in [7, 11) is 0. The number of hydrogen-bond acceptors (Lipinski definition) is 3. The number of rotatable bonds is 5. The highest BCUT2D eigenvalue weighted by Gasteiger charge is 2.05. The Hall–Kier alpha value is -1.06. The van der Waals surface area contributed by atoms with E-state index in [0.29, 0.717) is 11.8 Å². The van der Waals surface area contributed by atoms with Gasteiger partial charge < -0.3 is 15.5 Å². The van der Waals surface area contributed by atoms with Gasteiger partial charge in [0.15, 0.2) is 0 Å². The lowest BCUT2D eigenvalue weighted by atomic mass is 10.1. The molecular weight excluding hydrogens is 202 g/mol. The number of aliphatic hydroxyl groups is 1. The van der Waals surface area contributed by atoms with Crippen molar-refractivity contribution < 1.29 is 10.2 Å². The van der Waals surface area contributed by atoms with E-state index >= 15 is 0 Å². The van der Waals surface area contributed by atoms with E-state index in [9.17, 15) is 5.11 Å². The summed E-state index contributed by atoms with van der Waals surface area (Å²) >= 11 is 0. The van der Waals surface area contributed by atoms with Crippen LogP contribution in [0.15, 0.2) is 12.1 Å². The minimum atomic E-state index is 0.210. The summed E-state index contributed by atoms with van der Waals surface area (Å²) in [5.74, 6) is 0.382. The largest absolute Gasteiger partial charge is 0.507 e. The third-order valence-electron chi connectivity index (χ3n) is 2.77. The summed E-state index contributed by atoms with van der Waals surface area (Å²) < 4.78 is 0. The Morgan fingerprint density at radius 2 is 1.81 bits per heavy atom. The number of nitrogens with one attached hydrogen (secondary N) is 1.